The molecule has 0 saturated heterocycles. The number of nitrogens with one attached hydrogen (secondary N) is 2. The number of halogens is 3. The van der Waals surface area contributed by atoms with Gasteiger partial charge in [0.25, 0.3) is 5.91 Å². The van der Waals surface area contributed by atoms with Gasteiger partial charge in [0.2, 0.25) is 5.78 Å². The minimum absolute atomic E-state index is 0.00724. The fraction of sp³-hybridized carbons (Fsp3) is 0.0370. The first-order valence-electron chi connectivity index (χ1n) is 11.6. The van der Waals surface area contributed by atoms with Crippen LogP contribution in [-0.2, 0) is 6.42 Å². The number of imidazole rings is 2. The van der Waals surface area contributed by atoms with Crippen molar-refractivity contribution in [1.29, 1.82) is 0 Å². The van der Waals surface area contributed by atoms with E-state index in [0.717, 1.165) is 27.6 Å². The summed E-state index contributed by atoms with van der Waals surface area (Å²) in [6.45, 7) is 0. The van der Waals surface area contributed by atoms with E-state index in [0.29, 0.717) is 28.9 Å². The van der Waals surface area contributed by atoms with Crippen LogP contribution in [0.15, 0.2) is 72.8 Å². The zero-order chi connectivity index (χ0) is 27.1. The van der Waals surface area contributed by atoms with Crippen molar-refractivity contribution in [1.82, 2.24) is 29.5 Å². The Morgan fingerprint density at radius 3 is 2.33 bits per heavy atom. The number of carbonyl (C=O) groups excluding carboxylic acids is 2. The third-order valence-electron chi connectivity index (χ3n) is 5.96. The number of pyridine rings is 2. The Bertz CT molecular complexity index is 1880. The average molecular weight is 577 g/mol. The van der Waals surface area contributed by atoms with E-state index in [1.807, 2.05) is 54.6 Å². The molecule has 192 valence electrons. The minimum Gasteiger partial charge on any atom is -0.334 e. The van der Waals surface area contributed by atoms with Gasteiger partial charge < -0.3 is 10.3 Å². The highest BCUT2D eigenvalue weighted by atomic mass is 35.5. The van der Waals surface area contributed by atoms with E-state index in [1.165, 1.54) is 0 Å². The van der Waals surface area contributed by atoms with Gasteiger partial charge in [-0.2, -0.15) is 0 Å². The molecule has 0 aliphatic carbocycles. The quantitative estimate of drug-likeness (QED) is 0.233. The van der Waals surface area contributed by atoms with E-state index in [1.54, 1.807) is 22.8 Å². The number of nitrogens with zero attached hydrogens (tertiary/aromatic N) is 5. The Kier molecular flexibility index (Phi) is 6.48. The van der Waals surface area contributed by atoms with Gasteiger partial charge in [0.05, 0.1) is 27.8 Å². The lowest BCUT2D eigenvalue weighted by molar-refractivity contribution is 0.0976. The lowest BCUT2D eigenvalue weighted by atomic mass is 10.1. The van der Waals surface area contributed by atoms with E-state index in [9.17, 15) is 9.59 Å². The smallest absolute Gasteiger partial charge is 0.291 e. The van der Waals surface area contributed by atoms with Crippen molar-refractivity contribution in [2.24, 2.45) is 0 Å². The van der Waals surface area contributed by atoms with Crippen LogP contribution >= 0.6 is 34.8 Å². The molecular weight excluding hydrogens is 561 g/mol. The van der Waals surface area contributed by atoms with Crippen molar-refractivity contribution in [3.05, 3.63) is 105 Å². The number of aromatic nitrogens is 6. The van der Waals surface area contributed by atoms with Gasteiger partial charge >= 0.3 is 0 Å². The summed E-state index contributed by atoms with van der Waals surface area (Å²) in [7, 11) is 0. The predicted molar refractivity (Wildman–Crippen MR) is 150 cm³/mol. The third-order valence-corrected chi connectivity index (χ3v) is 6.67. The number of Topliss-reactive ketones (excluding diaryl/α,β-unsaturated/α-hetero) is 1. The predicted octanol–water partition coefficient (Wildman–Crippen LogP) is 6.33. The van der Waals surface area contributed by atoms with E-state index in [4.69, 9.17) is 34.8 Å². The molecule has 1 amide bonds. The zero-order valence-electron chi connectivity index (χ0n) is 19.8. The maximum atomic E-state index is 12.2. The van der Waals surface area contributed by atoms with Gasteiger partial charge in [0.15, 0.2) is 16.8 Å². The topological polar surface area (TPSA) is 118 Å². The summed E-state index contributed by atoms with van der Waals surface area (Å²) in [4.78, 5) is 44.0. The van der Waals surface area contributed by atoms with Crippen molar-refractivity contribution in [3.63, 3.8) is 0 Å². The highest BCUT2D eigenvalue weighted by Gasteiger charge is 2.27. The van der Waals surface area contributed by atoms with Gasteiger partial charge in [-0.1, -0.05) is 65.1 Å². The maximum absolute atomic E-state index is 12.2. The van der Waals surface area contributed by atoms with Crippen molar-refractivity contribution in [3.8, 4) is 5.82 Å². The van der Waals surface area contributed by atoms with Crippen molar-refractivity contribution < 1.29 is 9.59 Å². The molecule has 0 saturated carbocycles. The van der Waals surface area contributed by atoms with Crippen molar-refractivity contribution in [2.45, 2.75) is 6.42 Å². The second-order valence-corrected chi connectivity index (χ2v) is 9.64. The van der Waals surface area contributed by atoms with Gasteiger partial charge in [-0.25, -0.2) is 19.9 Å². The average Bonchev–Trinajstić information content (AvgIpc) is 3.54. The Hall–Kier alpha value is -4.31. The highest BCUT2D eigenvalue weighted by molar-refractivity contribution is 6.34. The monoisotopic (exact) mass is 575 g/mol. The van der Waals surface area contributed by atoms with Gasteiger partial charge in [-0.15, -0.1) is 0 Å². The lowest BCUT2D eigenvalue weighted by Gasteiger charge is -2.17. The van der Waals surface area contributed by atoms with E-state index in [-0.39, 0.29) is 21.9 Å². The largest absolute Gasteiger partial charge is 0.334 e. The number of H-pyrrole nitrogens is 1. The molecule has 6 aromatic rings. The minimum atomic E-state index is -0.396. The number of hydrogen-bond acceptors (Lipinski definition) is 6. The second kappa shape index (κ2) is 10.1. The summed E-state index contributed by atoms with van der Waals surface area (Å²) >= 11 is 17.6. The first-order valence-corrected chi connectivity index (χ1v) is 12.8. The number of carbonyl (C=O) groups is 2. The second-order valence-electron chi connectivity index (χ2n) is 8.51. The maximum Gasteiger partial charge on any atom is 0.291 e. The number of anilines is 1. The Labute approximate surface area is 235 Å². The van der Waals surface area contributed by atoms with Crippen LogP contribution in [0.1, 0.15) is 26.8 Å². The molecule has 4 aromatic heterocycles. The van der Waals surface area contributed by atoms with E-state index in [2.05, 4.69) is 30.2 Å². The molecule has 1 aliphatic rings. The standard InChI is InChI=1S/C14H8ClN3O.C13H8Cl2N4O/c15-12-6-5-8-7-11(19)14-16-9-3-1-2-4-10(9)18(14)13(8)17-12;14-10-6-5-9(11(15)19-10)18-13(20)12-16-7-3-1-2-4-8(7)17-12/h1-6H,7H2;1-6H,(H,16,17)(H,18,20). The number of benzene rings is 2. The van der Waals surface area contributed by atoms with Crippen molar-refractivity contribution in [2.75, 3.05) is 5.32 Å². The first-order chi connectivity index (χ1) is 18.9. The third kappa shape index (κ3) is 4.83. The molecule has 7 rings (SSSR count). The normalized spacial score (nSPS) is 12.0. The number of rotatable bonds is 2. The SMILES string of the molecule is O=C(Nc1ccc(Cl)nc1Cl)c1nc2ccccc2[nH]1.O=C1Cc2ccc(Cl)nc2-n2c1nc1ccccc12. The zero-order valence-corrected chi connectivity index (χ0v) is 22.1. The number of fused-ring (bicyclic) bond motifs is 6. The first kappa shape index (κ1) is 25.0. The van der Waals surface area contributed by atoms with Crippen LogP contribution in [0.3, 0.4) is 0 Å². The van der Waals surface area contributed by atoms with Gasteiger partial charge in [-0.3, -0.25) is 14.2 Å². The van der Waals surface area contributed by atoms with Gasteiger partial charge in [0, 0.05) is 12.0 Å². The Balaban J connectivity index is 0.000000142. The molecule has 0 fully saturated rings. The summed E-state index contributed by atoms with van der Waals surface area (Å²) in [6, 6.07) is 21.7. The Morgan fingerprint density at radius 1 is 0.821 bits per heavy atom. The van der Waals surface area contributed by atoms with Crippen LogP contribution in [-0.4, -0.2) is 41.2 Å². The summed E-state index contributed by atoms with van der Waals surface area (Å²) in [5.74, 6) is 0.955. The van der Waals surface area contributed by atoms with E-state index < -0.39 is 5.91 Å². The molecule has 0 atom stereocenters. The van der Waals surface area contributed by atoms with Crippen LogP contribution in [0.25, 0.3) is 27.9 Å². The lowest BCUT2D eigenvalue weighted by Crippen LogP contribution is -2.20. The summed E-state index contributed by atoms with van der Waals surface area (Å²) < 4.78 is 1.79. The van der Waals surface area contributed by atoms with Gasteiger partial charge in [-0.05, 0) is 42.5 Å². The summed E-state index contributed by atoms with van der Waals surface area (Å²) in [5.41, 5.74) is 4.43. The molecule has 12 heteroatoms. The molecule has 0 radical (unpaired) electrons. The molecule has 5 heterocycles. The highest BCUT2D eigenvalue weighted by Crippen LogP contribution is 2.29. The van der Waals surface area contributed by atoms with Crippen LogP contribution in [0, 0.1) is 0 Å². The summed E-state index contributed by atoms with van der Waals surface area (Å²) in [5, 5.41) is 3.43. The fourth-order valence-electron chi connectivity index (χ4n) is 4.21. The molecule has 0 unspecified atom stereocenters. The fourth-order valence-corrected chi connectivity index (χ4v) is 4.75. The van der Waals surface area contributed by atoms with Gasteiger partial charge in [0.1, 0.15) is 16.1 Å². The number of hydrogen-bond donors (Lipinski definition) is 2. The number of ketones is 1. The van der Waals surface area contributed by atoms with Crippen LogP contribution in [0.5, 0.6) is 0 Å². The van der Waals surface area contributed by atoms with Crippen LogP contribution in [0.2, 0.25) is 15.5 Å². The van der Waals surface area contributed by atoms with Crippen LogP contribution < -0.4 is 5.32 Å². The molecule has 9 nitrogen and oxygen atoms in total. The molecule has 0 bridgehead atoms. The molecule has 0 spiro atoms. The molecule has 2 N–H and O–H groups in total. The number of amides is 1. The van der Waals surface area contributed by atoms with Crippen molar-refractivity contribution >= 4 is 74.2 Å². The summed E-state index contributed by atoms with van der Waals surface area (Å²) in [6.07, 6.45) is 0.322. The van der Waals surface area contributed by atoms with E-state index >= 15 is 0 Å². The molecule has 39 heavy (non-hydrogen) atoms. The van der Waals surface area contributed by atoms with Crippen LogP contribution in [0.4, 0.5) is 5.69 Å². The Morgan fingerprint density at radius 2 is 1.54 bits per heavy atom. The molecule has 1 aliphatic heterocycles. The molecular formula is C27H16Cl3N7O2. The number of aromatic amines is 1. The molecule has 2 aromatic carbocycles. The number of para-hydroxylation sites is 4.